The molecule has 2 fully saturated rings. The van der Waals surface area contributed by atoms with Gasteiger partial charge in [-0.25, -0.2) is 0 Å². The monoisotopic (exact) mass is 182 g/mol. The molecule has 0 saturated heterocycles. The molecule has 0 aromatic carbocycles. The van der Waals surface area contributed by atoms with Crippen molar-refractivity contribution in [2.75, 3.05) is 13.1 Å². The molecule has 13 heavy (non-hydrogen) atoms. The van der Waals surface area contributed by atoms with Gasteiger partial charge in [-0.1, -0.05) is 6.42 Å². The molecular formula is C11H22N2. The van der Waals surface area contributed by atoms with Gasteiger partial charge in [0, 0.05) is 6.04 Å². The highest BCUT2D eigenvalue weighted by Crippen LogP contribution is 2.44. The summed E-state index contributed by atoms with van der Waals surface area (Å²) in [6, 6.07) is 0.858. The van der Waals surface area contributed by atoms with E-state index in [1.807, 2.05) is 0 Å². The summed E-state index contributed by atoms with van der Waals surface area (Å²) in [6.45, 7) is 2.03. The summed E-state index contributed by atoms with van der Waals surface area (Å²) in [4.78, 5) is 0. The smallest absolute Gasteiger partial charge is 0.00980 e. The Kier molecular flexibility index (Phi) is 3.23. The second-order valence-corrected chi connectivity index (χ2v) is 4.73. The fourth-order valence-corrected chi connectivity index (χ4v) is 3.05. The van der Waals surface area contributed by atoms with Crippen molar-refractivity contribution >= 4 is 0 Å². The minimum atomic E-state index is 0.846. The molecule has 2 aliphatic rings. The third kappa shape index (κ3) is 2.23. The van der Waals surface area contributed by atoms with E-state index in [1.54, 1.807) is 0 Å². The molecule has 2 saturated carbocycles. The Bertz CT molecular complexity index is 158. The van der Waals surface area contributed by atoms with Crippen LogP contribution in [0.25, 0.3) is 0 Å². The zero-order valence-corrected chi connectivity index (χ0v) is 8.47. The van der Waals surface area contributed by atoms with E-state index in [-0.39, 0.29) is 0 Å². The Balaban J connectivity index is 1.60. The number of unbranched alkanes of at least 4 members (excludes halogenated alkanes) is 1. The van der Waals surface area contributed by atoms with Crippen molar-refractivity contribution < 1.29 is 0 Å². The number of hydrogen-bond donors (Lipinski definition) is 2. The number of nitrogens with one attached hydrogen (secondary N) is 1. The molecule has 0 amide bonds. The molecule has 2 nitrogen and oxygen atoms in total. The van der Waals surface area contributed by atoms with E-state index in [9.17, 15) is 0 Å². The fourth-order valence-electron chi connectivity index (χ4n) is 3.05. The molecule has 3 unspecified atom stereocenters. The average Bonchev–Trinajstić information content (AvgIpc) is 2.73. The van der Waals surface area contributed by atoms with Crippen molar-refractivity contribution in [3.05, 3.63) is 0 Å². The first-order chi connectivity index (χ1) is 6.40. The topological polar surface area (TPSA) is 38.0 Å². The van der Waals surface area contributed by atoms with Crippen molar-refractivity contribution in [2.45, 2.75) is 44.6 Å². The summed E-state index contributed by atoms with van der Waals surface area (Å²) in [5.41, 5.74) is 5.46. The van der Waals surface area contributed by atoms with Gasteiger partial charge in [-0.2, -0.15) is 0 Å². The van der Waals surface area contributed by atoms with Gasteiger partial charge in [0.25, 0.3) is 0 Å². The van der Waals surface area contributed by atoms with Gasteiger partial charge in [-0.3, -0.25) is 0 Å². The van der Waals surface area contributed by atoms with Gasteiger partial charge in [0.15, 0.2) is 0 Å². The van der Waals surface area contributed by atoms with Gasteiger partial charge in [-0.05, 0) is 57.0 Å². The summed E-state index contributed by atoms with van der Waals surface area (Å²) in [6.07, 6.45) is 8.38. The van der Waals surface area contributed by atoms with Crippen molar-refractivity contribution in [3.8, 4) is 0 Å². The predicted octanol–water partition coefficient (Wildman–Crippen LogP) is 1.50. The van der Waals surface area contributed by atoms with Gasteiger partial charge in [-0.15, -0.1) is 0 Å². The molecule has 0 radical (unpaired) electrons. The van der Waals surface area contributed by atoms with E-state index in [4.69, 9.17) is 5.73 Å². The van der Waals surface area contributed by atoms with Crippen LogP contribution in [-0.4, -0.2) is 19.1 Å². The van der Waals surface area contributed by atoms with Crippen LogP contribution in [0.1, 0.15) is 38.5 Å². The number of nitrogens with two attached hydrogens (primary N) is 1. The van der Waals surface area contributed by atoms with Crippen LogP contribution in [0, 0.1) is 11.8 Å². The van der Waals surface area contributed by atoms with Crippen LogP contribution in [0.15, 0.2) is 0 Å². The highest BCUT2D eigenvalue weighted by molar-refractivity contribution is 4.93. The largest absolute Gasteiger partial charge is 0.330 e. The van der Waals surface area contributed by atoms with Crippen LogP contribution in [-0.2, 0) is 0 Å². The summed E-state index contributed by atoms with van der Waals surface area (Å²) in [5.74, 6) is 2.08. The number of rotatable bonds is 5. The SMILES string of the molecule is NCCCCNC1CC2CCC1C2. The lowest BCUT2D eigenvalue weighted by Crippen LogP contribution is -2.34. The Morgan fingerprint density at radius 2 is 2.08 bits per heavy atom. The highest BCUT2D eigenvalue weighted by atomic mass is 14.9. The lowest BCUT2D eigenvalue weighted by atomic mass is 9.95. The Morgan fingerprint density at radius 3 is 2.69 bits per heavy atom. The lowest BCUT2D eigenvalue weighted by molar-refractivity contribution is 0.350. The summed E-state index contributed by atoms with van der Waals surface area (Å²) in [7, 11) is 0. The molecule has 0 spiro atoms. The van der Waals surface area contributed by atoms with Crippen LogP contribution in [0.4, 0.5) is 0 Å². The van der Waals surface area contributed by atoms with Crippen LogP contribution in [0.2, 0.25) is 0 Å². The van der Waals surface area contributed by atoms with Crippen molar-refractivity contribution in [2.24, 2.45) is 17.6 Å². The fraction of sp³-hybridized carbons (Fsp3) is 1.00. The van der Waals surface area contributed by atoms with E-state index >= 15 is 0 Å². The first kappa shape index (κ1) is 9.47. The molecule has 3 N–H and O–H groups in total. The third-order valence-corrected chi connectivity index (χ3v) is 3.78. The predicted molar refractivity (Wildman–Crippen MR) is 55.5 cm³/mol. The maximum absolute atomic E-state index is 5.46. The molecule has 2 bridgehead atoms. The van der Waals surface area contributed by atoms with E-state index in [2.05, 4.69) is 5.32 Å². The Labute approximate surface area is 81.3 Å². The minimum Gasteiger partial charge on any atom is -0.330 e. The Hall–Kier alpha value is -0.0800. The maximum atomic E-state index is 5.46. The molecule has 0 aromatic rings. The second-order valence-electron chi connectivity index (χ2n) is 4.73. The van der Waals surface area contributed by atoms with Crippen molar-refractivity contribution in [1.82, 2.24) is 5.32 Å². The van der Waals surface area contributed by atoms with Crippen LogP contribution >= 0.6 is 0 Å². The molecule has 2 rings (SSSR count). The molecule has 0 aromatic heterocycles. The van der Waals surface area contributed by atoms with E-state index in [1.165, 1.54) is 45.1 Å². The standard InChI is InChI=1S/C11H22N2/c12-5-1-2-6-13-11-8-9-3-4-10(11)7-9/h9-11,13H,1-8,12H2. The molecule has 2 heteroatoms. The van der Waals surface area contributed by atoms with E-state index in [0.717, 1.165) is 24.4 Å². The van der Waals surface area contributed by atoms with E-state index in [0.29, 0.717) is 0 Å². The van der Waals surface area contributed by atoms with Crippen LogP contribution in [0.5, 0.6) is 0 Å². The number of hydrogen-bond acceptors (Lipinski definition) is 2. The quantitative estimate of drug-likeness (QED) is 0.632. The lowest BCUT2D eigenvalue weighted by Gasteiger charge is -2.22. The number of fused-ring (bicyclic) bond motifs is 2. The van der Waals surface area contributed by atoms with Crippen LogP contribution in [0.3, 0.4) is 0 Å². The Morgan fingerprint density at radius 1 is 1.15 bits per heavy atom. The highest BCUT2D eigenvalue weighted by Gasteiger charge is 2.38. The average molecular weight is 182 g/mol. The van der Waals surface area contributed by atoms with Gasteiger partial charge in [0.1, 0.15) is 0 Å². The van der Waals surface area contributed by atoms with Crippen LogP contribution < -0.4 is 11.1 Å². The summed E-state index contributed by atoms with van der Waals surface area (Å²) >= 11 is 0. The van der Waals surface area contributed by atoms with Gasteiger partial charge < -0.3 is 11.1 Å². The third-order valence-electron chi connectivity index (χ3n) is 3.78. The first-order valence-corrected chi connectivity index (χ1v) is 5.83. The van der Waals surface area contributed by atoms with Crippen molar-refractivity contribution in [3.63, 3.8) is 0 Å². The second kappa shape index (κ2) is 4.43. The minimum absolute atomic E-state index is 0.846. The molecule has 2 aliphatic carbocycles. The maximum Gasteiger partial charge on any atom is 0.00980 e. The van der Waals surface area contributed by atoms with Gasteiger partial charge >= 0.3 is 0 Å². The summed E-state index contributed by atoms with van der Waals surface area (Å²) in [5, 5.41) is 3.69. The molecule has 0 heterocycles. The zero-order valence-electron chi connectivity index (χ0n) is 8.47. The first-order valence-electron chi connectivity index (χ1n) is 5.83. The summed E-state index contributed by atoms with van der Waals surface area (Å²) < 4.78 is 0. The molecule has 76 valence electrons. The van der Waals surface area contributed by atoms with Gasteiger partial charge in [0.05, 0.1) is 0 Å². The van der Waals surface area contributed by atoms with Crippen molar-refractivity contribution in [1.29, 1.82) is 0 Å². The molecule has 3 atom stereocenters. The zero-order chi connectivity index (χ0) is 9.10. The molecule has 0 aliphatic heterocycles. The molecular weight excluding hydrogens is 160 g/mol. The normalized spacial score (nSPS) is 37.2. The van der Waals surface area contributed by atoms with E-state index < -0.39 is 0 Å². The van der Waals surface area contributed by atoms with Gasteiger partial charge in [0.2, 0.25) is 0 Å².